The van der Waals surface area contributed by atoms with Crippen molar-refractivity contribution in [3.05, 3.63) is 34.6 Å². The Morgan fingerprint density at radius 3 is 2.56 bits per heavy atom. The molecule has 0 fully saturated rings. The molecule has 1 N–H and O–H groups in total. The quantitative estimate of drug-likeness (QED) is 0.838. The predicted molar refractivity (Wildman–Crippen MR) is 65.1 cm³/mol. The van der Waals surface area contributed by atoms with Crippen LogP contribution in [0.5, 0.6) is 0 Å². The minimum Gasteiger partial charge on any atom is -0.396 e. The molecule has 0 bridgehead atoms. The number of hydrogen-bond donors (Lipinski definition) is 1. The molecule has 1 rings (SSSR count). The fraction of sp³-hybridized carbons (Fsp3) is 0.538. The molecule has 0 radical (unpaired) electrons. The molecule has 0 aliphatic rings. The van der Waals surface area contributed by atoms with Crippen molar-refractivity contribution in [3.63, 3.8) is 0 Å². The van der Waals surface area contributed by atoms with E-state index in [4.69, 9.17) is 11.6 Å². The Hall–Kier alpha value is -0.600. The highest BCUT2D eigenvalue weighted by atomic mass is 35.5. The normalized spacial score (nSPS) is 13.1. The van der Waals surface area contributed by atoms with E-state index in [1.165, 1.54) is 6.07 Å². The summed E-state index contributed by atoms with van der Waals surface area (Å²) in [5.41, 5.74) is 0.978. The molecule has 0 saturated heterocycles. The highest BCUT2D eigenvalue weighted by Crippen LogP contribution is 2.21. The van der Waals surface area contributed by atoms with Gasteiger partial charge in [-0.2, -0.15) is 0 Å². The van der Waals surface area contributed by atoms with Crippen LogP contribution in [0.4, 0.5) is 4.39 Å². The van der Waals surface area contributed by atoms with Crippen LogP contribution in [0.3, 0.4) is 0 Å². The first-order valence-corrected chi connectivity index (χ1v) is 5.95. The van der Waals surface area contributed by atoms with E-state index in [0.717, 1.165) is 18.4 Å². The molecule has 0 saturated carbocycles. The molecule has 1 nitrogen and oxygen atoms in total. The van der Waals surface area contributed by atoms with Gasteiger partial charge in [-0.1, -0.05) is 31.5 Å². The Bertz CT molecular complexity index is 339. The molecule has 0 aromatic heterocycles. The van der Waals surface area contributed by atoms with E-state index in [1.54, 1.807) is 12.1 Å². The van der Waals surface area contributed by atoms with Gasteiger partial charge in [-0.25, -0.2) is 4.39 Å². The molecular weight excluding hydrogens is 227 g/mol. The number of aliphatic hydroxyl groups excluding tert-OH is 1. The molecule has 1 atom stereocenters. The lowest BCUT2D eigenvalue weighted by atomic mass is 9.92. The zero-order valence-electron chi connectivity index (χ0n) is 9.71. The molecule has 0 aliphatic carbocycles. The maximum Gasteiger partial charge on any atom is 0.141 e. The van der Waals surface area contributed by atoms with Crippen molar-refractivity contribution in [2.24, 2.45) is 11.8 Å². The van der Waals surface area contributed by atoms with Gasteiger partial charge in [0.15, 0.2) is 0 Å². The summed E-state index contributed by atoms with van der Waals surface area (Å²) in [7, 11) is 0. The predicted octanol–water partition coefficient (Wildman–Crippen LogP) is 3.68. The van der Waals surface area contributed by atoms with E-state index in [0.29, 0.717) is 5.92 Å². The molecule has 16 heavy (non-hydrogen) atoms. The highest BCUT2D eigenvalue weighted by Gasteiger charge is 2.11. The Kier molecular flexibility index (Phi) is 5.23. The Balaban J connectivity index is 2.66. The van der Waals surface area contributed by atoms with Crippen molar-refractivity contribution in [2.75, 3.05) is 6.61 Å². The number of halogens is 2. The summed E-state index contributed by atoms with van der Waals surface area (Å²) in [6.45, 7) is 4.41. The summed E-state index contributed by atoms with van der Waals surface area (Å²) in [6, 6.07) is 4.74. The van der Waals surface area contributed by atoms with Crippen molar-refractivity contribution in [3.8, 4) is 0 Å². The second kappa shape index (κ2) is 6.21. The first-order valence-electron chi connectivity index (χ1n) is 5.57. The van der Waals surface area contributed by atoms with Crippen LogP contribution in [-0.4, -0.2) is 11.7 Å². The Morgan fingerprint density at radius 2 is 2.06 bits per heavy atom. The topological polar surface area (TPSA) is 20.2 Å². The van der Waals surface area contributed by atoms with E-state index in [9.17, 15) is 9.50 Å². The first-order chi connectivity index (χ1) is 7.52. The molecular formula is C13H18ClFO. The maximum absolute atomic E-state index is 12.9. The van der Waals surface area contributed by atoms with Gasteiger partial charge >= 0.3 is 0 Å². The van der Waals surface area contributed by atoms with Gasteiger partial charge in [0, 0.05) is 6.61 Å². The van der Waals surface area contributed by atoms with Crippen LogP contribution < -0.4 is 0 Å². The first kappa shape index (κ1) is 13.5. The maximum atomic E-state index is 12.9. The zero-order valence-corrected chi connectivity index (χ0v) is 10.5. The van der Waals surface area contributed by atoms with Crippen LogP contribution in [0.2, 0.25) is 5.02 Å². The van der Waals surface area contributed by atoms with Crippen molar-refractivity contribution in [1.29, 1.82) is 0 Å². The summed E-state index contributed by atoms with van der Waals surface area (Å²) < 4.78 is 12.9. The van der Waals surface area contributed by atoms with Crippen LogP contribution in [0.15, 0.2) is 18.2 Å². The lowest BCUT2D eigenvalue weighted by Gasteiger charge is -2.16. The molecule has 3 heteroatoms. The molecule has 1 aromatic carbocycles. The average Bonchev–Trinajstić information content (AvgIpc) is 2.22. The van der Waals surface area contributed by atoms with Crippen molar-refractivity contribution >= 4 is 11.6 Å². The second-order valence-corrected chi connectivity index (χ2v) is 5.04. The monoisotopic (exact) mass is 244 g/mol. The number of benzene rings is 1. The summed E-state index contributed by atoms with van der Waals surface area (Å²) in [6.07, 6.45) is 1.71. The van der Waals surface area contributed by atoms with E-state index in [1.807, 2.05) is 0 Å². The largest absolute Gasteiger partial charge is 0.396 e. The van der Waals surface area contributed by atoms with Gasteiger partial charge in [-0.15, -0.1) is 0 Å². The van der Waals surface area contributed by atoms with Crippen LogP contribution in [-0.2, 0) is 6.42 Å². The fourth-order valence-corrected chi connectivity index (χ4v) is 2.09. The fourth-order valence-electron chi connectivity index (χ4n) is 1.89. The van der Waals surface area contributed by atoms with Crippen molar-refractivity contribution in [2.45, 2.75) is 26.7 Å². The van der Waals surface area contributed by atoms with Gasteiger partial charge in [0.1, 0.15) is 5.82 Å². The third-order valence-corrected chi connectivity index (χ3v) is 2.86. The lowest BCUT2D eigenvalue weighted by molar-refractivity contribution is 0.205. The molecule has 0 heterocycles. The van der Waals surface area contributed by atoms with Gasteiger partial charge in [0.25, 0.3) is 0 Å². The van der Waals surface area contributed by atoms with E-state index in [-0.39, 0.29) is 17.5 Å². The van der Waals surface area contributed by atoms with Crippen molar-refractivity contribution < 1.29 is 9.50 Å². The summed E-state index contributed by atoms with van der Waals surface area (Å²) in [5, 5.41) is 9.40. The molecule has 1 unspecified atom stereocenters. The molecule has 90 valence electrons. The van der Waals surface area contributed by atoms with Gasteiger partial charge in [-0.05, 0) is 42.4 Å². The average molecular weight is 245 g/mol. The van der Waals surface area contributed by atoms with Gasteiger partial charge in [-0.3, -0.25) is 0 Å². The summed E-state index contributed by atoms with van der Waals surface area (Å²) in [5.74, 6) is 0.379. The van der Waals surface area contributed by atoms with Crippen LogP contribution in [0.1, 0.15) is 25.8 Å². The molecule has 1 aromatic rings. The molecule has 0 amide bonds. The SMILES string of the molecule is CC(C)CC(CO)Cc1ccc(F)c(Cl)c1. The molecule has 0 aliphatic heterocycles. The number of aliphatic hydroxyl groups is 1. The number of hydrogen-bond acceptors (Lipinski definition) is 1. The zero-order chi connectivity index (χ0) is 12.1. The number of rotatable bonds is 5. The summed E-state index contributed by atoms with van der Waals surface area (Å²) in [4.78, 5) is 0. The van der Waals surface area contributed by atoms with Gasteiger partial charge in [0.05, 0.1) is 5.02 Å². The Morgan fingerprint density at radius 1 is 1.38 bits per heavy atom. The smallest absolute Gasteiger partial charge is 0.141 e. The third kappa shape index (κ3) is 4.11. The van der Waals surface area contributed by atoms with E-state index < -0.39 is 5.82 Å². The Labute approximate surface area is 101 Å². The lowest BCUT2D eigenvalue weighted by Crippen LogP contribution is -2.12. The van der Waals surface area contributed by atoms with Crippen LogP contribution in [0, 0.1) is 17.7 Å². The van der Waals surface area contributed by atoms with E-state index >= 15 is 0 Å². The molecule has 0 spiro atoms. The van der Waals surface area contributed by atoms with Crippen LogP contribution >= 0.6 is 11.6 Å². The van der Waals surface area contributed by atoms with E-state index in [2.05, 4.69) is 13.8 Å². The third-order valence-electron chi connectivity index (χ3n) is 2.57. The standard InChI is InChI=1S/C13H18ClFO/c1-9(2)5-11(8-16)6-10-3-4-13(15)12(14)7-10/h3-4,7,9,11,16H,5-6,8H2,1-2H3. The minimum atomic E-state index is -0.394. The van der Waals surface area contributed by atoms with Gasteiger partial charge < -0.3 is 5.11 Å². The summed E-state index contributed by atoms with van der Waals surface area (Å²) >= 11 is 5.71. The van der Waals surface area contributed by atoms with Crippen molar-refractivity contribution in [1.82, 2.24) is 0 Å². The minimum absolute atomic E-state index is 0.152. The van der Waals surface area contributed by atoms with Gasteiger partial charge in [0.2, 0.25) is 0 Å². The highest BCUT2D eigenvalue weighted by molar-refractivity contribution is 6.30. The second-order valence-electron chi connectivity index (χ2n) is 4.63. The van der Waals surface area contributed by atoms with Crippen LogP contribution in [0.25, 0.3) is 0 Å².